The lowest BCUT2D eigenvalue weighted by molar-refractivity contribution is -0.700. The van der Waals surface area contributed by atoms with Crippen LogP contribution in [0.3, 0.4) is 0 Å². The zero-order valence-corrected chi connectivity index (χ0v) is 25.5. The van der Waals surface area contributed by atoms with Crippen LogP contribution >= 0.6 is 31.1 Å². The highest BCUT2D eigenvalue weighted by Crippen LogP contribution is 2.45. The van der Waals surface area contributed by atoms with E-state index < -0.39 is 83.2 Å². The molecular weight excluding hydrogens is 713 g/mol. The minimum Gasteiger partial charge on any atom is -0.429 e. The van der Waals surface area contributed by atoms with Crippen LogP contribution in [0.2, 0.25) is 0 Å². The summed E-state index contributed by atoms with van der Waals surface area (Å²) >= 11 is 0. The number of nitrogens with one attached hydrogen (secondary N) is 1. The second-order valence-electron chi connectivity index (χ2n) is 6.69. The van der Waals surface area contributed by atoms with Gasteiger partial charge in [-0.1, -0.05) is 0 Å². The maximum Gasteiger partial charge on any atom is 0.526 e. The molecule has 44 heavy (non-hydrogen) atoms. The summed E-state index contributed by atoms with van der Waals surface area (Å²) in [5, 5.41) is 23.3. The summed E-state index contributed by atoms with van der Waals surface area (Å²) in [4.78, 5) is 61.6. The van der Waals surface area contributed by atoms with Gasteiger partial charge in [-0.05, 0) is 10.1 Å². The van der Waals surface area contributed by atoms with Crippen molar-refractivity contribution < 1.29 is 124 Å². The Labute approximate surface area is 245 Å². The molecule has 0 radical (unpaired) electrons. The van der Waals surface area contributed by atoms with Gasteiger partial charge in [0, 0.05) is 39.3 Å². The van der Waals surface area contributed by atoms with Gasteiger partial charge in [0.2, 0.25) is 0 Å². The largest absolute Gasteiger partial charge is 0.526 e. The number of phosphoric acid groups is 3. The van der Waals surface area contributed by atoms with E-state index in [-0.39, 0.29) is 0 Å². The van der Waals surface area contributed by atoms with Gasteiger partial charge in [-0.2, -0.15) is 5.54 Å². The number of hydrogen-bond donors (Lipinski definition) is 6. The van der Waals surface area contributed by atoms with Crippen molar-refractivity contribution in [3.05, 3.63) is 25.0 Å². The maximum atomic E-state index is 12.6. The highest BCUT2D eigenvalue weighted by Gasteiger charge is 2.27. The molecule has 0 saturated heterocycles. The molecule has 0 aliphatic carbocycles. The highest BCUT2D eigenvalue weighted by atomic mass is 31.2. The van der Waals surface area contributed by atoms with Crippen molar-refractivity contribution in [2.45, 2.75) is 0 Å². The molecule has 0 rings (SSSR count). The zero-order valence-electron chi connectivity index (χ0n) is 21.9. The molecule has 0 aromatic rings. The summed E-state index contributed by atoms with van der Waals surface area (Å²) < 4.78 is 83.8. The van der Waals surface area contributed by atoms with Crippen LogP contribution in [0.15, 0.2) is 25.0 Å². The van der Waals surface area contributed by atoms with E-state index in [9.17, 15) is 32.5 Å². The van der Waals surface area contributed by atoms with Crippen molar-refractivity contribution in [2.75, 3.05) is 52.9 Å². The minimum atomic E-state index is -4.83. The Morgan fingerprint density at radius 1 is 0.636 bits per heavy atom. The normalized spacial score (nSPS) is 17.2. The molecule has 0 aliphatic rings. The van der Waals surface area contributed by atoms with Gasteiger partial charge in [0.1, 0.15) is 25.7 Å². The van der Waals surface area contributed by atoms with Gasteiger partial charge in [-0.25, -0.2) is 28.0 Å². The Balaban J connectivity index is 4.08. The fourth-order valence-corrected chi connectivity index (χ4v) is 3.64. The Kier molecular flexibility index (Phi) is 23.4. The molecule has 0 aromatic carbocycles. The maximum absolute atomic E-state index is 12.6. The van der Waals surface area contributed by atoms with Crippen LogP contribution in [-0.2, 0) is 95.2 Å². The average molecular weight is 741 g/mol. The molecule has 0 aromatic heterocycles. The van der Waals surface area contributed by atoms with E-state index in [1.165, 1.54) is 5.54 Å². The van der Waals surface area contributed by atoms with Gasteiger partial charge in [0.15, 0.2) is 12.5 Å². The first-order valence-corrected chi connectivity index (χ1v) is 17.3. The topological polar surface area (TPSA) is 329 Å². The van der Waals surface area contributed by atoms with Crippen molar-refractivity contribution in [1.29, 1.82) is 0 Å². The Morgan fingerprint density at radius 2 is 1.14 bits per heavy atom. The lowest BCUT2D eigenvalue weighted by Gasteiger charge is -2.19. The predicted molar refractivity (Wildman–Crippen MR) is 125 cm³/mol. The second-order valence-corrected chi connectivity index (χ2v) is 12.6. The van der Waals surface area contributed by atoms with E-state index in [4.69, 9.17) is 14.7 Å². The summed E-state index contributed by atoms with van der Waals surface area (Å²) in [5.74, 6) is -1.14. The molecule has 26 nitrogen and oxygen atoms in total. The third-order valence-corrected chi connectivity index (χ3v) is 6.00. The van der Waals surface area contributed by atoms with Crippen LogP contribution in [0, 0.1) is 5.92 Å². The van der Waals surface area contributed by atoms with Crippen LogP contribution in [0.4, 0.5) is 4.48 Å². The quantitative estimate of drug-likeness (QED) is 0.0147. The number of rotatable bonds is 30. The van der Waals surface area contributed by atoms with Gasteiger partial charge in [0.25, 0.3) is 0 Å². The van der Waals surface area contributed by atoms with Crippen LogP contribution in [-0.4, -0.2) is 77.3 Å². The van der Waals surface area contributed by atoms with Crippen LogP contribution in [0.25, 0.3) is 0 Å². The van der Waals surface area contributed by atoms with Gasteiger partial charge < -0.3 is 38.4 Å². The Hall–Kier alpha value is -1.19. The number of hydrogen-bond acceptors (Lipinski definition) is 21. The summed E-state index contributed by atoms with van der Waals surface area (Å²) in [6.07, 6.45) is 2.26. The highest BCUT2D eigenvalue weighted by molar-refractivity contribution is 7.52. The van der Waals surface area contributed by atoms with Crippen LogP contribution < -0.4 is 5.54 Å². The standard InChI is InChI=1S/C13H28FNO25P4/c1-41(16,17)29-6-2-25-35-39-37-27-4-8-31-43(21,22)33-11-13(10-15-14)12-34-44(23,24)32-9-5-28-38-40-36-26-3-7-30-42(18,19)20/h2,5-6,9,13,15H,3-4,7-8,10-12H2,1H3,(H,16,17)(H,21,22)(H,23,24)(H2,18,19,20)/b6-2+,9-5+. The Bertz CT molecular complexity index is 989. The molecule has 0 bridgehead atoms. The fraction of sp³-hybridized carbons (Fsp3) is 0.692. The first-order chi connectivity index (χ1) is 20.6. The SMILES string of the molecule is CP(=O)(O)O/C=C/OOOOOCCOP(=O)(O)OCC(CNF)COP(=O)(O)O/C=C/OOOOOCCOP(=O)(O)O. The Morgan fingerprint density at radius 3 is 1.64 bits per heavy atom. The summed E-state index contributed by atoms with van der Waals surface area (Å²) in [7, 11) is -18.0. The van der Waals surface area contributed by atoms with Crippen molar-refractivity contribution in [1.82, 2.24) is 5.54 Å². The predicted octanol–water partition coefficient (Wildman–Crippen LogP) is 0.713. The molecule has 31 heteroatoms. The number of phosphoric ester groups is 3. The van der Waals surface area contributed by atoms with E-state index in [1.807, 2.05) is 0 Å². The van der Waals surface area contributed by atoms with Crippen molar-refractivity contribution in [2.24, 2.45) is 5.92 Å². The molecule has 0 spiro atoms. The molecule has 0 amide bonds. The summed E-state index contributed by atoms with van der Waals surface area (Å²) in [6, 6.07) is 0. The lowest BCUT2D eigenvalue weighted by Crippen LogP contribution is -2.25. The van der Waals surface area contributed by atoms with E-state index in [2.05, 4.69) is 76.9 Å². The van der Waals surface area contributed by atoms with Gasteiger partial charge >= 0.3 is 31.1 Å². The molecule has 4 atom stereocenters. The lowest BCUT2D eigenvalue weighted by atomic mass is 10.2. The molecule has 4 unspecified atom stereocenters. The molecule has 0 saturated carbocycles. The van der Waals surface area contributed by atoms with E-state index in [1.54, 1.807) is 0 Å². The molecule has 0 heterocycles. The van der Waals surface area contributed by atoms with E-state index in [0.717, 1.165) is 6.66 Å². The monoisotopic (exact) mass is 741 g/mol. The van der Waals surface area contributed by atoms with Crippen molar-refractivity contribution >= 4 is 31.1 Å². The van der Waals surface area contributed by atoms with Crippen molar-refractivity contribution in [3.63, 3.8) is 0 Å². The van der Waals surface area contributed by atoms with E-state index in [0.29, 0.717) is 25.0 Å². The van der Waals surface area contributed by atoms with Gasteiger partial charge in [-0.15, -0.1) is 4.48 Å². The third kappa shape index (κ3) is 30.8. The first-order valence-electron chi connectivity index (χ1n) is 10.7. The van der Waals surface area contributed by atoms with Gasteiger partial charge in [0.05, 0.1) is 26.4 Å². The molecule has 0 fully saturated rings. The number of halogens is 1. The van der Waals surface area contributed by atoms with Gasteiger partial charge in [-0.3, -0.25) is 23.0 Å². The third-order valence-electron chi connectivity index (χ3n) is 3.12. The molecule has 0 aliphatic heterocycles. The molecule has 262 valence electrons. The fourth-order valence-electron chi connectivity index (χ4n) is 1.61. The van der Waals surface area contributed by atoms with Crippen LogP contribution in [0.5, 0.6) is 0 Å². The summed E-state index contributed by atoms with van der Waals surface area (Å²) in [5.41, 5.74) is 1.21. The molecular formula is C13H28FNO25P4. The average Bonchev–Trinajstić information content (AvgIpc) is 2.90. The van der Waals surface area contributed by atoms with Crippen molar-refractivity contribution in [3.8, 4) is 0 Å². The van der Waals surface area contributed by atoms with Crippen LogP contribution in [0.1, 0.15) is 0 Å². The zero-order chi connectivity index (χ0) is 33.4. The first kappa shape index (κ1) is 42.8. The van der Waals surface area contributed by atoms with E-state index >= 15 is 0 Å². The minimum absolute atomic E-state index is 0.444. The smallest absolute Gasteiger partial charge is 0.429 e. The molecule has 6 N–H and O–H groups in total. The second kappa shape index (κ2) is 24.0. The summed E-state index contributed by atoms with van der Waals surface area (Å²) in [6.45, 7) is -3.35.